The molecule has 0 fully saturated rings. The number of carbonyl (C=O) groups excluding carboxylic acids is 1. The molecule has 1 unspecified atom stereocenters. The molecular weight excluding hydrogens is 260 g/mol. The highest BCUT2D eigenvalue weighted by Crippen LogP contribution is 2.30. The maximum absolute atomic E-state index is 12.0. The lowest BCUT2D eigenvalue weighted by molar-refractivity contribution is -0.148. The number of carbonyl (C=O) groups is 1. The summed E-state index contributed by atoms with van der Waals surface area (Å²) < 4.78 is 5.11. The summed E-state index contributed by atoms with van der Waals surface area (Å²) in [6.45, 7) is 10.2. The maximum Gasteiger partial charge on any atom is 0.317 e. The van der Waals surface area contributed by atoms with Crippen LogP contribution in [-0.4, -0.2) is 30.6 Å². The van der Waals surface area contributed by atoms with E-state index in [9.17, 15) is 4.79 Å². The number of esters is 1. The maximum atomic E-state index is 12.0. The molecule has 0 saturated carbocycles. The van der Waals surface area contributed by atoms with Gasteiger partial charge in [-0.15, -0.1) is 11.3 Å². The van der Waals surface area contributed by atoms with E-state index in [1.807, 2.05) is 33.2 Å². The largest absolute Gasteiger partial charge is 0.465 e. The molecule has 0 aliphatic rings. The Hall–Kier alpha value is -1.10. The zero-order chi connectivity index (χ0) is 14.6. The van der Waals surface area contributed by atoms with Crippen LogP contribution in [0, 0.1) is 0 Å². The predicted molar refractivity (Wildman–Crippen MR) is 79.9 cm³/mol. The predicted octanol–water partition coefficient (Wildman–Crippen LogP) is 3.22. The van der Waals surface area contributed by atoms with Crippen molar-refractivity contribution < 1.29 is 9.53 Å². The third kappa shape index (κ3) is 3.47. The van der Waals surface area contributed by atoms with Crippen molar-refractivity contribution >= 4 is 22.4 Å². The molecule has 0 aliphatic heterocycles. The molecule has 1 aromatic rings. The van der Waals surface area contributed by atoms with Gasteiger partial charge in [-0.25, -0.2) is 4.98 Å². The lowest BCUT2D eigenvalue weighted by Crippen LogP contribution is -2.32. The SMILES string of the molecule is CCOC(=O)C(C)(C)c1csc(N(C)C(C)CC)n1. The van der Waals surface area contributed by atoms with Gasteiger partial charge in [-0.2, -0.15) is 0 Å². The van der Waals surface area contributed by atoms with Crippen molar-refractivity contribution in [3.8, 4) is 0 Å². The van der Waals surface area contributed by atoms with Crippen molar-refractivity contribution in [3.63, 3.8) is 0 Å². The number of hydrogen-bond donors (Lipinski definition) is 0. The van der Waals surface area contributed by atoms with Crippen molar-refractivity contribution in [1.29, 1.82) is 0 Å². The van der Waals surface area contributed by atoms with E-state index < -0.39 is 5.41 Å². The van der Waals surface area contributed by atoms with E-state index in [1.54, 1.807) is 11.3 Å². The summed E-state index contributed by atoms with van der Waals surface area (Å²) in [6, 6.07) is 0.435. The quantitative estimate of drug-likeness (QED) is 0.752. The number of nitrogens with zero attached hydrogens (tertiary/aromatic N) is 2. The van der Waals surface area contributed by atoms with Crippen molar-refractivity contribution in [2.75, 3.05) is 18.6 Å². The smallest absolute Gasteiger partial charge is 0.317 e. The fraction of sp³-hybridized carbons (Fsp3) is 0.714. The van der Waals surface area contributed by atoms with Gasteiger partial charge in [-0.05, 0) is 34.1 Å². The minimum atomic E-state index is -0.693. The average molecular weight is 284 g/mol. The molecule has 1 atom stereocenters. The lowest BCUT2D eigenvalue weighted by Gasteiger charge is -2.23. The van der Waals surface area contributed by atoms with Crippen molar-refractivity contribution in [1.82, 2.24) is 4.98 Å². The van der Waals surface area contributed by atoms with Gasteiger partial charge in [0, 0.05) is 18.5 Å². The van der Waals surface area contributed by atoms with E-state index in [0.29, 0.717) is 12.6 Å². The van der Waals surface area contributed by atoms with Gasteiger partial charge in [0.15, 0.2) is 5.13 Å². The Morgan fingerprint density at radius 1 is 1.53 bits per heavy atom. The van der Waals surface area contributed by atoms with Crippen LogP contribution in [0.1, 0.15) is 46.7 Å². The van der Waals surface area contributed by atoms with Crippen LogP contribution in [0.5, 0.6) is 0 Å². The summed E-state index contributed by atoms with van der Waals surface area (Å²) in [5.41, 5.74) is 0.0854. The van der Waals surface area contributed by atoms with Gasteiger partial charge in [0.25, 0.3) is 0 Å². The van der Waals surface area contributed by atoms with E-state index >= 15 is 0 Å². The summed E-state index contributed by atoms with van der Waals surface area (Å²) in [4.78, 5) is 18.7. The van der Waals surface area contributed by atoms with E-state index in [4.69, 9.17) is 4.74 Å². The first-order valence-corrected chi connectivity index (χ1v) is 7.58. The Balaban J connectivity index is 2.92. The van der Waals surface area contributed by atoms with Gasteiger partial charge in [-0.3, -0.25) is 4.79 Å². The topological polar surface area (TPSA) is 42.4 Å². The molecule has 108 valence electrons. The van der Waals surface area contributed by atoms with Gasteiger partial charge in [0.05, 0.1) is 12.3 Å². The van der Waals surface area contributed by atoms with Crippen LogP contribution in [0.25, 0.3) is 0 Å². The number of rotatable bonds is 6. The zero-order valence-corrected chi connectivity index (χ0v) is 13.5. The van der Waals surface area contributed by atoms with Crippen molar-refractivity contribution in [2.45, 2.75) is 52.5 Å². The number of hydrogen-bond acceptors (Lipinski definition) is 5. The Morgan fingerprint density at radius 2 is 2.16 bits per heavy atom. The second-order valence-corrected chi connectivity index (χ2v) is 6.07. The molecule has 5 heteroatoms. The zero-order valence-electron chi connectivity index (χ0n) is 12.7. The summed E-state index contributed by atoms with van der Waals surface area (Å²) in [5.74, 6) is -0.224. The Morgan fingerprint density at radius 3 is 2.68 bits per heavy atom. The number of ether oxygens (including phenoxy) is 1. The summed E-state index contributed by atoms with van der Waals surface area (Å²) in [7, 11) is 2.04. The fourth-order valence-corrected chi connectivity index (χ4v) is 2.65. The van der Waals surface area contributed by atoms with Crippen LogP contribution in [-0.2, 0) is 14.9 Å². The molecule has 0 spiro atoms. The first-order valence-electron chi connectivity index (χ1n) is 6.70. The van der Waals surface area contributed by atoms with Gasteiger partial charge >= 0.3 is 5.97 Å². The minimum Gasteiger partial charge on any atom is -0.465 e. The molecule has 4 nitrogen and oxygen atoms in total. The van der Waals surface area contributed by atoms with E-state index in [0.717, 1.165) is 17.2 Å². The van der Waals surface area contributed by atoms with Crippen LogP contribution in [0.3, 0.4) is 0 Å². The van der Waals surface area contributed by atoms with Crippen LogP contribution in [0.4, 0.5) is 5.13 Å². The molecule has 1 rings (SSSR count). The van der Waals surface area contributed by atoms with Gasteiger partial charge in [0.1, 0.15) is 5.41 Å². The summed E-state index contributed by atoms with van der Waals surface area (Å²) in [6.07, 6.45) is 1.06. The molecule has 0 bridgehead atoms. The molecule has 0 radical (unpaired) electrons. The highest BCUT2D eigenvalue weighted by Gasteiger charge is 2.34. The standard InChI is InChI=1S/C14H24N2O2S/c1-7-10(3)16(6)13-15-11(9-19-13)14(4,5)12(17)18-8-2/h9-10H,7-8H2,1-6H3. The molecule has 0 aliphatic carbocycles. The van der Waals surface area contributed by atoms with Crippen LogP contribution >= 0.6 is 11.3 Å². The molecule has 19 heavy (non-hydrogen) atoms. The van der Waals surface area contributed by atoms with E-state index in [2.05, 4.69) is 23.7 Å². The average Bonchev–Trinajstić information content (AvgIpc) is 2.87. The molecule has 1 heterocycles. The molecule has 0 N–H and O–H groups in total. The van der Waals surface area contributed by atoms with Crippen LogP contribution in [0.2, 0.25) is 0 Å². The molecule has 0 saturated heterocycles. The monoisotopic (exact) mass is 284 g/mol. The van der Waals surface area contributed by atoms with Crippen molar-refractivity contribution in [2.24, 2.45) is 0 Å². The third-order valence-corrected chi connectivity index (χ3v) is 4.40. The number of anilines is 1. The molecule has 1 aromatic heterocycles. The second kappa shape index (κ2) is 6.37. The van der Waals surface area contributed by atoms with Gasteiger partial charge < -0.3 is 9.64 Å². The normalized spacial score (nSPS) is 13.2. The molecule has 0 aromatic carbocycles. The second-order valence-electron chi connectivity index (χ2n) is 5.23. The fourth-order valence-electron chi connectivity index (χ4n) is 1.59. The Bertz CT molecular complexity index is 429. The molecule has 0 amide bonds. The lowest BCUT2D eigenvalue weighted by atomic mass is 9.90. The number of aromatic nitrogens is 1. The third-order valence-electron chi connectivity index (χ3n) is 3.47. The van der Waals surface area contributed by atoms with E-state index in [-0.39, 0.29) is 5.97 Å². The first-order chi connectivity index (χ1) is 8.84. The Kier molecular flexibility index (Phi) is 5.35. The van der Waals surface area contributed by atoms with Crippen LogP contribution < -0.4 is 4.90 Å². The highest BCUT2D eigenvalue weighted by atomic mass is 32.1. The van der Waals surface area contributed by atoms with Gasteiger partial charge in [0.2, 0.25) is 0 Å². The first kappa shape index (κ1) is 16.0. The molecular formula is C14H24N2O2S. The minimum absolute atomic E-state index is 0.224. The van der Waals surface area contributed by atoms with E-state index in [1.165, 1.54) is 0 Å². The summed E-state index contributed by atoms with van der Waals surface area (Å²) >= 11 is 1.57. The summed E-state index contributed by atoms with van der Waals surface area (Å²) in [5, 5.41) is 2.90. The number of thiazole rings is 1. The van der Waals surface area contributed by atoms with Crippen LogP contribution in [0.15, 0.2) is 5.38 Å². The highest BCUT2D eigenvalue weighted by molar-refractivity contribution is 7.13. The van der Waals surface area contributed by atoms with Crippen molar-refractivity contribution in [3.05, 3.63) is 11.1 Å². The Labute approximate surface area is 119 Å². The van der Waals surface area contributed by atoms with Gasteiger partial charge in [-0.1, -0.05) is 6.92 Å².